The molecule has 16 heavy (non-hydrogen) atoms. The van der Waals surface area contributed by atoms with Crippen molar-refractivity contribution < 1.29 is 0 Å². The normalized spacial score (nSPS) is 13.8. The third-order valence-corrected chi connectivity index (χ3v) is 2.92. The summed E-state index contributed by atoms with van der Waals surface area (Å²) in [5.41, 5.74) is 2.72. The van der Waals surface area contributed by atoms with Crippen LogP contribution in [-0.2, 0) is 6.42 Å². The van der Waals surface area contributed by atoms with E-state index in [9.17, 15) is 0 Å². The second kappa shape index (κ2) is 5.48. The molecule has 0 spiro atoms. The predicted octanol–water partition coefficient (Wildman–Crippen LogP) is 2.94. The number of nitrogens with zero attached hydrogens (tertiary/aromatic N) is 2. The molecule has 0 amide bonds. The molecule has 1 atom stereocenters. The molecule has 1 rings (SSSR count). The summed E-state index contributed by atoms with van der Waals surface area (Å²) in [6, 6.07) is 0.813. The first-order chi connectivity index (χ1) is 7.47. The van der Waals surface area contributed by atoms with E-state index < -0.39 is 0 Å². The third-order valence-electron chi connectivity index (χ3n) is 2.92. The highest BCUT2D eigenvalue weighted by atomic mass is 15.3. The SMILES string of the molecule is CNC(C)c1cnn(C(C)C)c1CC(C)C. The fourth-order valence-electron chi connectivity index (χ4n) is 1.96. The lowest BCUT2D eigenvalue weighted by Gasteiger charge is -2.17. The van der Waals surface area contributed by atoms with E-state index in [1.165, 1.54) is 11.3 Å². The molecule has 0 aliphatic carbocycles. The van der Waals surface area contributed by atoms with Crippen LogP contribution in [0.15, 0.2) is 6.20 Å². The largest absolute Gasteiger partial charge is 0.313 e. The number of rotatable bonds is 5. The molecular weight excluding hydrogens is 198 g/mol. The topological polar surface area (TPSA) is 29.9 Å². The molecule has 0 radical (unpaired) electrons. The van der Waals surface area contributed by atoms with Gasteiger partial charge < -0.3 is 5.32 Å². The first kappa shape index (κ1) is 13.2. The summed E-state index contributed by atoms with van der Waals surface area (Å²) in [5, 5.41) is 7.81. The van der Waals surface area contributed by atoms with Crippen LogP contribution in [0.2, 0.25) is 0 Å². The van der Waals surface area contributed by atoms with Crippen molar-refractivity contribution in [1.29, 1.82) is 0 Å². The maximum absolute atomic E-state index is 4.51. The minimum atomic E-state index is 0.376. The molecule has 1 unspecified atom stereocenters. The number of aromatic nitrogens is 2. The van der Waals surface area contributed by atoms with Crippen LogP contribution in [0.5, 0.6) is 0 Å². The fraction of sp³-hybridized carbons (Fsp3) is 0.769. The first-order valence-electron chi connectivity index (χ1n) is 6.20. The smallest absolute Gasteiger partial charge is 0.0540 e. The zero-order chi connectivity index (χ0) is 12.3. The lowest BCUT2D eigenvalue weighted by molar-refractivity contribution is 0.483. The van der Waals surface area contributed by atoms with E-state index in [0.29, 0.717) is 18.0 Å². The van der Waals surface area contributed by atoms with Crippen molar-refractivity contribution in [3.63, 3.8) is 0 Å². The molecule has 1 N–H and O–H groups in total. The van der Waals surface area contributed by atoms with Gasteiger partial charge in [-0.2, -0.15) is 5.10 Å². The molecule has 0 aromatic carbocycles. The maximum atomic E-state index is 4.51. The molecule has 1 aromatic heterocycles. The molecule has 1 heterocycles. The highest BCUT2D eigenvalue weighted by molar-refractivity contribution is 5.22. The Labute approximate surface area is 99.2 Å². The summed E-state index contributed by atoms with van der Waals surface area (Å²) in [6.07, 6.45) is 3.11. The van der Waals surface area contributed by atoms with Gasteiger partial charge in [0.15, 0.2) is 0 Å². The Bertz CT molecular complexity index is 326. The molecule has 0 saturated heterocycles. The Morgan fingerprint density at radius 2 is 1.88 bits per heavy atom. The molecule has 0 bridgehead atoms. The average molecular weight is 223 g/mol. The summed E-state index contributed by atoms with van der Waals surface area (Å²) in [6.45, 7) is 11.1. The van der Waals surface area contributed by atoms with Gasteiger partial charge in [0.2, 0.25) is 0 Å². The van der Waals surface area contributed by atoms with Crippen molar-refractivity contribution in [3.8, 4) is 0 Å². The fourth-order valence-corrected chi connectivity index (χ4v) is 1.96. The lowest BCUT2D eigenvalue weighted by atomic mass is 10.0. The molecular formula is C13H25N3. The molecule has 92 valence electrons. The summed E-state index contributed by atoms with van der Waals surface area (Å²) < 4.78 is 2.16. The van der Waals surface area contributed by atoms with E-state index in [1.807, 2.05) is 13.2 Å². The van der Waals surface area contributed by atoms with Crippen molar-refractivity contribution in [2.45, 2.75) is 53.1 Å². The predicted molar refractivity (Wildman–Crippen MR) is 68.6 cm³/mol. The van der Waals surface area contributed by atoms with Gasteiger partial charge in [0.1, 0.15) is 0 Å². The number of hydrogen-bond acceptors (Lipinski definition) is 2. The van der Waals surface area contributed by atoms with Crippen LogP contribution in [0.4, 0.5) is 0 Å². The molecule has 3 heteroatoms. The zero-order valence-electron chi connectivity index (χ0n) is 11.4. The summed E-state index contributed by atoms with van der Waals surface area (Å²) in [7, 11) is 2.00. The number of nitrogens with one attached hydrogen (secondary N) is 1. The molecule has 0 fully saturated rings. The van der Waals surface area contributed by atoms with Crippen molar-refractivity contribution in [3.05, 3.63) is 17.5 Å². The minimum absolute atomic E-state index is 0.376. The third kappa shape index (κ3) is 2.85. The van der Waals surface area contributed by atoms with Crippen molar-refractivity contribution >= 4 is 0 Å². The molecule has 0 aliphatic heterocycles. The van der Waals surface area contributed by atoms with Crippen molar-refractivity contribution in [1.82, 2.24) is 15.1 Å². The van der Waals surface area contributed by atoms with Crippen molar-refractivity contribution in [2.75, 3.05) is 7.05 Å². The van der Waals surface area contributed by atoms with Gasteiger partial charge in [-0.15, -0.1) is 0 Å². The van der Waals surface area contributed by atoms with Crippen LogP contribution in [0.25, 0.3) is 0 Å². The van der Waals surface area contributed by atoms with Gasteiger partial charge in [-0.05, 0) is 40.2 Å². The standard InChI is InChI=1S/C13H25N3/c1-9(2)7-13-12(11(5)14-6)8-15-16(13)10(3)4/h8-11,14H,7H2,1-6H3. The molecule has 0 aliphatic rings. The van der Waals surface area contributed by atoms with Gasteiger partial charge in [0.05, 0.1) is 6.20 Å². The quantitative estimate of drug-likeness (QED) is 0.831. The van der Waals surface area contributed by atoms with Gasteiger partial charge >= 0.3 is 0 Å². The Morgan fingerprint density at radius 1 is 1.25 bits per heavy atom. The van der Waals surface area contributed by atoms with E-state index in [0.717, 1.165) is 6.42 Å². The van der Waals surface area contributed by atoms with Crippen LogP contribution < -0.4 is 5.32 Å². The average Bonchev–Trinajstić information content (AvgIpc) is 2.59. The maximum Gasteiger partial charge on any atom is 0.0540 e. The Kier molecular flexibility index (Phi) is 4.54. The monoisotopic (exact) mass is 223 g/mol. The minimum Gasteiger partial charge on any atom is -0.313 e. The summed E-state index contributed by atoms with van der Waals surface area (Å²) in [5.74, 6) is 0.664. The van der Waals surface area contributed by atoms with Gasteiger partial charge in [0.25, 0.3) is 0 Å². The van der Waals surface area contributed by atoms with E-state index in [2.05, 4.69) is 49.7 Å². The molecule has 0 saturated carbocycles. The van der Waals surface area contributed by atoms with E-state index in [1.54, 1.807) is 0 Å². The highest BCUT2D eigenvalue weighted by Gasteiger charge is 2.17. The van der Waals surface area contributed by atoms with E-state index in [4.69, 9.17) is 0 Å². The van der Waals surface area contributed by atoms with Gasteiger partial charge in [-0.3, -0.25) is 4.68 Å². The van der Waals surface area contributed by atoms with Crippen molar-refractivity contribution in [2.24, 2.45) is 5.92 Å². The zero-order valence-corrected chi connectivity index (χ0v) is 11.4. The number of hydrogen-bond donors (Lipinski definition) is 1. The second-order valence-corrected chi connectivity index (χ2v) is 5.19. The van der Waals surface area contributed by atoms with Crippen LogP contribution in [0.1, 0.15) is 58.0 Å². The summed E-state index contributed by atoms with van der Waals surface area (Å²) in [4.78, 5) is 0. The van der Waals surface area contributed by atoms with Crippen LogP contribution >= 0.6 is 0 Å². The van der Waals surface area contributed by atoms with Crippen LogP contribution in [-0.4, -0.2) is 16.8 Å². The molecule has 3 nitrogen and oxygen atoms in total. The van der Waals surface area contributed by atoms with E-state index in [-0.39, 0.29) is 0 Å². The molecule has 1 aromatic rings. The van der Waals surface area contributed by atoms with Gasteiger partial charge in [0, 0.05) is 23.3 Å². The van der Waals surface area contributed by atoms with Gasteiger partial charge in [-0.25, -0.2) is 0 Å². The highest BCUT2D eigenvalue weighted by Crippen LogP contribution is 2.22. The Hall–Kier alpha value is -0.830. The second-order valence-electron chi connectivity index (χ2n) is 5.19. The first-order valence-corrected chi connectivity index (χ1v) is 6.20. The summed E-state index contributed by atoms with van der Waals surface area (Å²) >= 11 is 0. The van der Waals surface area contributed by atoms with E-state index >= 15 is 0 Å². The Balaban J connectivity index is 3.08. The Morgan fingerprint density at radius 3 is 2.31 bits per heavy atom. The van der Waals surface area contributed by atoms with Crippen LogP contribution in [0.3, 0.4) is 0 Å². The lowest BCUT2D eigenvalue weighted by Crippen LogP contribution is -2.16. The van der Waals surface area contributed by atoms with Gasteiger partial charge in [-0.1, -0.05) is 13.8 Å². The van der Waals surface area contributed by atoms with Crippen LogP contribution in [0, 0.1) is 5.92 Å².